The first-order chi connectivity index (χ1) is 8.31. The van der Waals surface area contributed by atoms with Gasteiger partial charge < -0.3 is 14.2 Å². The first kappa shape index (κ1) is 11.1. The van der Waals surface area contributed by atoms with E-state index in [4.69, 9.17) is 14.2 Å². The number of methoxy groups -OCH3 is 2. The van der Waals surface area contributed by atoms with Crippen molar-refractivity contribution in [3.8, 4) is 23.5 Å². The van der Waals surface area contributed by atoms with Crippen LogP contribution in [0.15, 0.2) is 24.4 Å². The van der Waals surface area contributed by atoms with Crippen molar-refractivity contribution in [1.29, 1.82) is 0 Å². The molecule has 2 rings (SSSR count). The van der Waals surface area contributed by atoms with Crippen LogP contribution >= 0.6 is 0 Å². The summed E-state index contributed by atoms with van der Waals surface area (Å²) in [7, 11) is 3.00. The molecule has 0 aliphatic heterocycles. The van der Waals surface area contributed by atoms with Gasteiger partial charge in [0.05, 0.1) is 20.3 Å². The van der Waals surface area contributed by atoms with Crippen LogP contribution in [0.5, 0.6) is 23.5 Å². The van der Waals surface area contributed by atoms with E-state index >= 15 is 0 Å². The maximum absolute atomic E-state index is 5.36. The minimum atomic E-state index is 0.116. The molecule has 0 spiro atoms. The van der Waals surface area contributed by atoms with Gasteiger partial charge in [0.1, 0.15) is 6.20 Å². The summed E-state index contributed by atoms with van der Waals surface area (Å²) >= 11 is 0. The number of ether oxygens (including phenoxy) is 3. The smallest absolute Gasteiger partial charge is 0.328 e. The van der Waals surface area contributed by atoms with E-state index in [0.717, 1.165) is 0 Å². The average Bonchev–Trinajstić information content (AvgIpc) is 2.39. The predicted molar refractivity (Wildman–Crippen MR) is 58.3 cm³/mol. The highest BCUT2D eigenvalue weighted by atomic mass is 16.5. The van der Waals surface area contributed by atoms with Gasteiger partial charge in [-0.1, -0.05) is 0 Å². The van der Waals surface area contributed by atoms with Crippen molar-refractivity contribution < 1.29 is 14.2 Å². The van der Waals surface area contributed by atoms with Crippen molar-refractivity contribution in [1.82, 2.24) is 15.0 Å². The normalized spacial score (nSPS) is 9.76. The molecule has 2 heterocycles. The predicted octanol–water partition coefficient (Wildman–Crippen LogP) is 1.48. The zero-order valence-corrected chi connectivity index (χ0v) is 9.38. The Labute approximate surface area is 98.2 Å². The van der Waals surface area contributed by atoms with Crippen molar-refractivity contribution in [3.05, 3.63) is 30.6 Å². The molecule has 0 aliphatic carbocycles. The van der Waals surface area contributed by atoms with E-state index in [1.54, 1.807) is 24.4 Å². The molecule has 6 nitrogen and oxygen atoms in total. The van der Waals surface area contributed by atoms with Gasteiger partial charge in [0.25, 0.3) is 0 Å². The molecule has 0 aliphatic rings. The Morgan fingerprint density at radius 1 is 1.12 bits per heavy atom. The maximum atomic E-state index is 5.36. The second kappa shape index (κ2) is 5.11. The molecule has 0 unspecified atom stereocenters. The second-order valence-corrected chi connectivity index (χ2v) is 2.95. The van der Waals surface area contributed by atoms with Gasteiger partial charge in [-0.3, -0.25) is 4.98 Å². The van der Waals surface area contributed by atoms with Crippen LogP contribution in [-0.4, -0.2) is 29.2 Å². The van der Waals surface area contributed by atoms with Gasteiger partial charge in [0, 0.05) is 6.20 Å². The third-order valence-corrected chi connectivity index (χ3v) is 1.86. The molecular weight excluding hydrogens is 222 g/mol. The van der Waals surface area contributed by atoms with Crippen molar-refractivity contribution in [2.75, 3.05) is 14.2 Å². The molecule has 2 aromatic heterocycles. The van der Waals surface area contributed by atoms with Gasteiger partial charge in [-0.15, -0.1) is 0 Å². The summed E-state index contributed by atoms with van der Waals surface area (Å²) in [5.41, 5.74) is 0. The Balaban J connectivity index is 2.26. The van der Waals surface area contributed by atoms with Crippen molar-refractivity contribution in [2.45, 2.75) is 0 Å². The van der Waals surface area contributed by atoms with Crippen molar-refractivity contribution >= 4 is 0 Å². The second-order valence-electron chi connectivity index (χ2n) is 2.95. The minimum absolute atomic E-state index is 0.116. The number of hydrogen-bond acceptors (Lipinski definition) is 6. The third-order valence-electron chi connectivity index (χ3n) is 1.86. The standard InChI is InChI=1S/C11H10N3O3/c1-15-9-6-10(16-2)14-11(13-9)17-8-4-3-5-12-7-8/h3-6H,1-2H3. The van der Waals surface area contributed by atoms with Crippen LogP contribution in [0.2, 0.25) is 0 Å². The highest BCUT2D eigenvalue weighted by Gasteiger charge is 2.07. The summed E-state index contributed by atoms with van der Waals surface area (Å²) in [6.07, 6.45) is 4.26. The summed E-state index contributed by atoms with van der Waals surface area (Å²) in [5, 5.41) is 0. The van der Waals surface area contributed by atoms with Crippen LogP contribution in [0.25, 0.3) is 0 Å². The highest BCUT2D eigenvalue weighted by molar-refractivity contribution is 5.25. The van der Waals surface area contributed by atoms with Gasteiger partial charge in [-0.05, 0) is 12.1 Å². The Morgan fingerprint density at radius 2 is 1.82 bits per heavy atom. The molecule has 2 aromatic rings. The van der Waals surface area contributed by atoms with Gasteiger partial charge in [-0.25, -0.2) is 0 Å². The largest absolute Gasteiger partial charge is 0.481 e. The van der Waals surface area contributed by atoms with Crippen molar-refractivity contribution in [3.63, 3.8) is 0 Å². The van der Waals surface area contributed by atoms with Gasteiger partial charge in [0.15, 0.2) is 5.75 Å². The van der Waals surface area contributed by atoms with Crippen LogP contribution < -0.4 is 14.2 Å². The summed E-state index contributed by atoms with van der Waals surface area (Å²) < 4.78 is 15.4. The Hall–Kier alpha value is -2.37. The third kappa shape index (κ3) is 2.81. The first-order valence-corrected chi connectivity index (χ1v) is 4.79. The van der Waals surface area contributed by atoms with E-state index < -0.39 is 0 Å². The molecule has 0 bridgehead atoms. The first-order valence-electron chi connectivity index (χ1n) is 4.79. The molecule has 87 valence electrons. The fourth-order valence-electron chi connectivity index (χ4n) is 1.11. The lowest BCUT2D eigenvalue weighted by molar-refractivity contribution is 0.347. The topological polar surface area (TPSA) is 66.4 Å². The summed E-state index contributed by atoms with van der Waals surface area (Å²) in [4.78, 5) is 11.8. The number of hydrogen-bond donors (Lipinski definition) is 0. The van der Waals surface area contributed by atoms with Crippen LogP contribution in [0.1, 0.15) is 0 Å². The van der Waals surface area contributed by atoms with E-state index in [9.17, 15) is 0 Å². The lowest BCUT2D eigenvalue weighted by Gasteiger charge is -2.06. The minimum Gasteiger partial charge on any atom is -0.481 e. The van der Waals surface area contributed by atoms with E-state index in [0.29, 0.717) is 17.5 Å². The fourth-order valence-corrected chi connectivity index (χ4v) is 1.11. The van der Waals surface area contributed by atoms with E-state index in [-0.39, 0.29) is 6.01 Å². The monoisotopic (exact) mass is 232 g/mol. The van der Waals surface area contributed by atoms with Crippen LogP contribution in [0.4, 0.5) is 0 Å². The Kier molecular flexibility index (Phi) is 3.34. The number of nitrogens with zero attached hydrogens (tertiary/aromatic N) is 3. The van der Waals surface area contributed by atoms with Gasteiger partial charge in [0.2, 0.25) is 11.8 Å². The zero-order chi connectivity index (χ0) is 12.1. The molecule has 0 saturated carbocycles. The van der Waals surface area contributed by atoms with Crippen molar-refractivity contribution in [2.24, 2.45) is 0 Å². The van der Waals surface area contributed by atoms with Crippen LogP contribution in [0, 0.1) is 6.20 Å². The molecule has 0 saturated heterocycles. The van der Waals surface area contributed by atoms with Crippen LogP contribution in [-0.2, 0) is 0 Å². The molecule has 0 atom stereocenters. The summed E-state index contributed by atoms with van der Waals surface area (Å²) in [5.74, 6) is 1.13. The quantitative estimate of drug-likeness (QED) is 0.795. The molecule has 1 radical (unpaired) electrons. The van der Waals surface area contributed by atoms with E-state index in [2.05, 4.69) is 21.1 Å². The lowest BCUT2D eigenvalue weighted by Crippen LogP contribution is -1.98. The van der Waals surface area contributed by atoms with E-state index in [1.165, 1.54) is 14.2 Å². The van der Waals surface area contributed by atoms with Crippen LogP contribution in [0.3, 0.4) is 0 Å². The summed E-state index contributed by atoms with van der Waals surface area (Å²) in [6, 6.07) is 5.09. The Morgan fingerprint density at radius 3 is 2.35 bits per heavy atom. The number of rotatable bonds is 4. The highest BCUT2D eigenvalue weighted by Crippen LogP contribution is 2.22. The molecule has 17 heavy (non-hydrogen) atoms. The molecule has 0 N–H and O–H groups in total. The molecule has 0 fully saturated rings. The molecular formula is C11H10N3O3. The Bertz CT molecular complexity index is 468. The zero-order valence-electron chi connectivity index (χ0n) is 9.38. The van der Waals surface area contributed by atoms with Gasteiger partial charge in [-0.2, -0.15) is 9.97 Å². The SMILES string of the molecule is COc1cc(OC)nc(Oc2[c]nccc2)n1. The number of aromatic nitrogens is 3. The molecule has 6 heteroatoms. The molecule has 0 amide bonds. The maximum Gasteiger partial charge on any atom is 0.328 e. The number of pyridine rings is 1. The average molecular weight is 232 g/mol. The molecule has 0 aromatic carbocycles. The lowest BCUT2D eigenvalue weighted by atomic mass is 10.5. The fraction of sp³-hybridized carbons (Fsp3) is 0.182. The van der Waals surface area contributed by atoms with Gasteiger partial charge >= 0.3 is 6.01 Å². The summed E-state index contributed by atoms with van der Waals surface area (Å²) in [6.45, 7) is 0. The van der Waals surface area contributed by atoms with E-state index in [1.807, 2.05) is 0 Å².